The van der Waals surface area contributed by atoms with Gasteiger partial charge in [-0.1, -0.05) is 0 Å². The Bertz CT molecular complexity index is 1150. The van der Waals surface area contributed by atoms with E-state index >= 15 is 0 Å². The van der Waals surface area contributed by atoms with Crippen LogP contribution >= 0.6 is 12.2 Å². The molecule has 0 aromatic heterocycles. The van der Waals surface area contributed by atoms with E-state index < -0.39 is 17.3 Å². The van der Waals surface area contributed by atoms with Crippen molar-refractivity contribution >= 4 is 40.5 Å². The van der Waals surface area contributed by atoms with Gasteiger partial charge in [0.2, 0.25) is 0 Å². The molecule has 2 saturated heterocycles. The molecular formula is C22H19FN4O3S. The first-order chi connectivity index (χ1) is 14.8. The molecule has 2 fully saturated rings. The van der Waals surface area contributed by atoms with Crippen molar-refractivity contribution in [2.24, 2.45) is 0 Å². The molecule has 2 aromatic rings. The van der Waals surface area contributed by atoms with Crippen molar-refractivity contribution in [1.82, 2.24) is 5.32 Å². The highest BCUT2D eigenvalue weighted by atomic mass is 32.1. The Labute approximate surface area is 184 Å². The molecule has 1 spiro atoms. The van der Waals surface area contributed by atoms with Crippen LogP contribution in [0.4, 0.5) is 15.8 Å². The highest BCUT2D eigenvalue weighted by molar-refractivity contribution is 7.81. The van der Waals surface area contributed by atoms with Gasteiger partial charge in [0, 0.05) is 25.8 Å². The van der Waals surface area contributed by atoms with Crippen molar-refractivity contribution in [2.45, 2.75) is 18.9 Å². The molecule has 2 amide bonds. The van der Waals surface area contributed by atoms with E-state index in [1.807, 2.05) is 0 Å². The number of aryl methyl sites for hydroxylation is 1. The van der Waals surface area contributed by atoms with E-state index in [0.717, 1.165) is 0 Å². The number of amides is 2. The van der Waals surface area contributed by atoms with E-state index in [9.17, 15) is 19.2 Å². The zero-order chi connectivity index (χ0) is 22.3. The molecule has 0 bridgehead atoms. The predicted octanol–water partition coefficient (Wildman–Crippen LogP) is 2.66. The SMILES string of the molecule is CNC(=O)c1ccc(N2C(=S)N(c3ccc(C#N)c(C)c3)C(=O)C23CCOC3)cc1F. The largest absolute Gasteiger partial charge is 0.378 e. The van der Waals surface area contributed by atoms with Gasteiger partial charge >= 0.3 is 0 Å². The summed E-state index contributed by atoms with van der Waals surface area (Å²) in [6.45, 7) is 2.26. The molecule has 0 aliphatic carbocycles. The van der Waals surface area contributed by atoms with Gasteiger partial charge in [0.25, 0.3) is 11.8 Å². The van der Waals surface area contributed by atoms with Crippen LogP contribution in [0.2, 0.25) is 0 Å². The van der Waals surface area contributed by atoms with Crippen LogP contribution in [0.3, 0.4) is 0 Å². The Morgan fingerprint density at radius 2 is 2.03 bits per heavy atom. The third kappa shape index (κ3) is 3.15. The van der Waals surface area contributed by atoms with Crippen LogP contribution in [0, 0.1) is 24.1 Å². The molecule has 1 unspecified atom stereocenters. The van der Waals surface area contributed by atoms with Crippen molar-refractivity contribution in [1.29, 1.82) is 5.26 Å². The summed E-state index contributed by atoms with van der Waals surface area (Å²) in [5, 5.41) is 11.8. The van der Waals surface area contributed by atoms with Gasteiger partial charge in [-0.15, -0.1) is 0 Å². The lowest BCUT2D eigenvalue weighted by atomic mass is 9.95. The molecule has 2 heterocycles. The standard InChI is InChI=1S/C22H19FN4O3S/c1-13-9-15(4-3-14(13)11-24)26-20(29)22(7-8-30-12-22)27(21(26)31)16-5-6-17(18(23)10-16)19(28)25-2/h3-6,9-10H,7-8,12H2,1-2H3,(H,25,28). The smallest absolute Gasteiger partial charge is 0.262 e. The minimum atomic E-state index is -1.10. The fourth-order valence-corrected chi connectivity index (χ4v) is 4.50. The number of benzene rings is 2. The molecule has 2 aromatic carbocycles. The van der Waals surface area contributed by atoms with Gasteiger partial charge in [-0.2, -0.15) is 5.26 Å². The van der Waals surface area contributed by atoms with Crippen molar-refractivity contribution in [3.8, 4) is 6.07 Å². The first-order valence-corrected chi connectivity index (χ1v) is 10.0. The molecule has 9 heteroatoms. The summed E-state index contributed by atoms with van der Waals surface area (Å²) < 4.78 is 20.3. The quantitative estimate of drug-likeness (QED) is 0.742. The zero-order valence-corrected chi connectivity index (χ0v) is 17.8. The van der Waals surface area contributed by atoms with Gasteiger partial charge in [0.05, 0.1) is 29.5 Å². The summed E-state index contributed by atoms with van der Waals surface area (Å²) in [7, 11) is 1.42. The summed E-state index contributed by atoms with van der Waals surface area (Å²) in [5.41, 5.74) is 0.916. The number of nitrogens with zero attached hydrogens (tertiary/aromatic N) is 3. The summed E-state index contributed by atoms with van der Waals surface area (Å²) in [6.07, 6.45) is 0.385. The molecule has 0 radical (unpaired) electrons. The Kier molecular flexibility index (Phi) is 5.21. The highest BCUT2D eigenvalue weighted by Crippen LogP contribution is 2.41. The van der Waals surface area contributed by atoms with Crippen molar-refractivity contribution in [3.05, 3.63) is 58.9 Å². The fraction of sp³-hybridized carbons (Fsp3) is 0.273. The third-order valence-electron chi connectivity index (χ3n) is 5.68. The normalized spacial score (nSPS) is 20.5. The number of hydrogen-bond donors (Lipinski definition) is 1. The van der Waals surface area contributed by atoms with Gasteiger partial charge in [-0.05, 0) is 61.1 Å². The van der Waals surface area contributed by atoms with Gasteiger partial charge in [0.15, 0.2) is 10.7 Å². The first-order valence-electron chi connectivity index (χ1n) is 9.63. The molecule has 2 aliphatic rings. The highest BCUT2D eigenvalue weighted by Gasteiger charge is 2.58. The second-order valence-corrected chi connectivity index (χ2v) is 7.81. The van der Waals surface area contributed by atoms with Gasteiger partial charge < -0.3 is 15.0 Å². The van der Waals surface area contributed by atoms with E-state index in [0.29, 0.717) is 35.5 Å². The minimum absolute atomic E-state index is 0.0982. The molecule has 4 rings (SSSR count). The molecular weight excluding hydrogens is 419 g/mol. The van der Waals surface area contributed by atoms with Crippen LogP contribution in [0.15, 0.2) is 36.4 Å². The monoisotopic (exact) mass is 438 g/mol. The number of rotatable bonds is 3. The maximum Gasteiger partial charge on any atom is 0.262 e. The number of carbonyl (C=O) groups is 2. The Morgan fingerprint density at radius 3 is 2.61 bits per heavy atom. The minimum Gasteiger partial charge on any atom is -0.378 e. The van der Waals surface area contributed by atoms with Crippen LogP contribution in [0.25, 0.3) is 0 Å². The van der Waals surface area contributed by atoms with Gasteiger partial charge in [-0.3, -0.25) is 14.5 Å². The van der Waals surface area contributed by atoms with E-state index in [1.54, 1.807) is 36.1 Å². The number of nitrogens with one attached hydrogen (secondary N) is 1. The van der Waals surface area contributed by atoms with Crippen LogP contribution in [0.5, 0.6) is 0 Å². The second kappa shape index (κ2) is 7.72. The Hall–Kier alpha value is -3.35. The predicted molar refractivity (Wildman–Crippen MR) is 116 cm³/mol. The summed E-state index contributed by atoms with van der Waals surface area (Å²) >= 11 is 5.68. The molecule has 1 N–H and O–H groups in total. The summed E-state index contributed by atoms with van der Waals surface area (Å²) in [6, 6.07) is 11.3. The second-order valence-electron chi connectivity index (χ2n) is 7.45. The van der Waals surface area contributed by atoms with E-state index in [2.05, 4.69) is 11.4 Å². The van der Waals surface area contributed by atoms with Crippen LogP contribution in [0.1, 0.15) is 27.9 Å². The van der Waals surface area contributed by atoms with Crippen molar-refractivity contribution in [2.75, 3.05) is 30.1 Å². The van der Waals surface area contributed by atoms with E-state index in [1.165, 1.54) is 24.1 Å². The molecule has 2 aliphatic heterocycles. The van der Waals surface area contributed by atoms with Gasteiger partial charge in [-0.25, -0.2) is 4.39 Å². The number of ether oxygens (including phenoxy) is 1. The molecule has 31 heavy (non-hydrogen) atoms. The molecule has 0 saturated carbocycles. The maximum atomic E-state index is 14.7. The number of hydrogen-bond acceptors (Lipinski definition) is 5. The maximum absolute atomic E-state index is 14.7. The van der Waals surface area contributed by atoms with Crippen molar-refractivity contribution < 1.29 is 18.7 Å². The topological polar surface area (TPSA) is 85.7 Å². The number of thiocarbonyl (C=S) groups is 1. The van der Waals surface area contributed by atoms with Crippen molar-refractivity contribution in [3.63, 3.8) is 0 Å². The molecule has 158 valence electrons. The average molecular weight is 438 g/mol. The van der Waals surface area contributed by atoms with E-state index in [-0.39, 0.29) is 23.2 Å². The number of nitriles is 1. The number of halogens is 1. The number of carbonyl (C=O) groups excluding carboxylic acids is 2. The summed E-state index contributed by atoms with van der Waals surface area (Å²) in [4.78, 5) is 28.5. The Balaban J connectivity index is 1.81. The lowest BCUT2D eigenvalue weighted by molar-refractivity contribution is -0.121. The molecule has 7 nitrogen and oxygen atoms in total. The Morgan fingerprint density at radius 1 is 1.29 bits per heavy atom. The first kappa shape index (κ1) is 20.9. The lowest BCUT2D eigenvalue weighted by Gasteiger charge is -2.31. The molecule has 1 atom stereocenters. The number of anilines is 2. The average Bonchev–Trinajstić information content (AvgIpc) is 3.31. The fourth-order valence-electron chi connectivity index (χ4n) is 4.03. The van der Waals surface area contributed by atoms with E-state index in [4.69, 9.17) is 17.0 Å². The lowest BCUT2D eigenvalue weighted by Crippen LogP contribution is -2.50. The zero-order valence-electron chi connectivity index (χ0n) is 16.9. The van der Waals surface area contributed by atoms with Crippen LogP contribution in [-0.2, 0) is 9.53 Å². The van der Waals surface area contributed by atoms with Crippen LogP contribution < -0.4 is 15.1 Å². The third-order valence-corrected chi connectivity index (χ3v) is 6.05. The van der Waals surface area contributed by atoms with Gasteiger partial charge in [0.1, 0.15) is 5.82 Å². The summed E-state index contributed by atoms with van der Waals surface area (Å²) in [5.74, 6) is -1.53. The van der Waals surface area contributed by atoms with Crippen LogP contribution in [-0.4, -0.2) is 42.7 Å².